The van der Waals surface area contributed by atoms with Gasteiger partial charge in [0.15, 0.2) is 0 Å². The standard InChI is InChI=1S/C78H64BN3/c1-74(2,3)43-24-28-49(29-25-43)80-62-32-26-44(75(4,5)6)36-59(62)79-60-39-56-53-18-11-12-21-58(53)76(7,8)71(56)69-57-35-45(77-40-47-33-46-34-48(41-77)78(46,47)77)27-31-61(57)82(73(60)69)66-38-50(37-65(80)72(66)79)81-63-22-14-20-55-52-17-10-9-16-51(52)54-19-13-15-42-23-30-64(81)70(67(42)54)68(55)63/h9-32,35-39,46-48H,33-34,40-41H2,1-8H3. The third-order valence-electron chi connectivity index (χ3n) is 23.5. The predicted molar refractivity (Wildman–Crippen MR) is 344 cm³/mol. The average Bonchev–Trinajstić information content (AvgIpc) is 0.741. The molecule has 0 bridgehead atoms. The monoisotopic (exact) mass is 1050 g/mol. The van der Waals surface area contributed by atoms with E-state index in [0.29, 0.717) is 10.8 Å². The highest BCUT2D eigenvalue weighted by Crippen LogP contribution is 2.92. The van der Waals surface area contributed by atoms with E-state index >= 15 is 0 Å². The number of hydrogen-bond acceptors (Lipinski definition) is 1. The molecule has 6 aliphatic carbocycles. The summed E-state index contributed by atoms with van der Waals surface area (Å²) in [7, 11) is 0. The zero-order valence-corrected chi connectivity index (χ0v) is 48.2. The lowest BCUT2D eigenvalue weighted by Gasteiger charge is -2.91. The lowest BCUT2D eigenvalue weighted by atomic mass is 9.12. The highest BCUT2D eigenvalue weighted by Gasteiger charge is 2.87. The van der Waals surface area contributed by atoms with Gasteiger partial charge in [0.25, 0.3) is 6.71 Å². The van der Waals surface area contributed by atoms with Crippen LogP contribution in [0.2, 0.25) is 0 Å². The first-order valence-corrected chi connectivity index (χ1v) is 30.7. The highest BCUT2D eigenvalue weighted by atomic mass is 15.2. The molecule has 0 N–H and O–H groups in total. The van der Waals surface area contributed by atoms with Gasteiger partial charge in [-0.3, -0.25) is 0 Å². The zero-order chi connectivity index (χ0) is 54.6. The number of benzene rings is 10. The molecule has 3 nitrogen and oxygen atoms in total. The van der Waals surface area contributed by atoms with Crippen molar-refractivity contribution in [2.45, 2.75) is 103 Å². The van der Waals surface area contributed by atoms with Crippen molar-refractivity contribution >= 4 is 94.5 Å². The molecule has 394 valence electrons. The Morgan fingerprint density at radius 3 is 1.85 bits per heavy atom. The molecule has 10 aromatic carbocycles. The molecule has 4 heterocycles. The predicted octanol–water partition coefficient (Wildman–Crippen LogP) is 17.9. The van der Waals surface area contributed by atoms with E-state index < -0.39 is 0 Å². The van der Waals surface area contributed by atoms with Crippen molar-refractivity contribution in [3.63, 3.8) is 0 Å². The van der Waals surface area contributed by atoms with Crippen molar-refractivity contribution in [1.82, 2.24) is 9.13 Å². The van der Waals surface area contributed by atoms with Gasteiger partial charge in [-0.15, -0.1) is 0 Å². The third kappa shape index (κ3) is 4.97. The van der Waals surface area contributed by atoms with Gasteiger partial charge >= 0.3 is 0 Å². The fourth-order valence-corrected chi connectivity index (χ4v) is 20.2. The maximum atomic E-state index is 2.80. The van der Waals surface area contributed by atoms with E-state index in [4.69, 9.17) is 0 Å². The molecular formula is C78H64BN3. The fraction of sp³-hybridized carbons (Fsp3) is 0.256. The lowest BCUT2D eigenvalue weighted by molar-refractivity contribution is -0.395. The molecule has 2 aliphatic heterocycles. The van der Waals surface area contributed by atoms with Crippen LogP contribution in [0.3, 0.4) is 0 Å². The summed E-state index contributed by atoms with van der Waals surface area (Å²) in [6, 6.07) is 70.4. The van der Waals surface area contributed by atoms with E-state index in [1.807, 2.05) is 0 Å². The minimum Gasteiger partial charge on any atom is -0.311 e. The average molecular weight is 1050 g/mol. The summed E-state index contributed by atoms with van der Waals surface area (Å²) in [4.78, 5) is 2.66. The normalized spacial score (nSPS) is 23.0. The van der Waals surface area contributed by atoms with E-state index in [1.165, 1.54) is 181 Å². The van der Waals surface area contributed by atoms with E-state index in [2.05, 4.69) is 245 Å². The Kier molecular flexibility index (Phi) is 7.89. The van der Waals surface area contributed by atoms with Gasteiger partial charge in [-0.05, 0) is 203 Å². The fourth-order valence-electron chi connectivity index (χ4n) is 20.2. The highest BCUT2D eigenvalue weighted by molar-refractivity contribution is 7.00. The van der Waals surface area contributed by atoms with Crippen LogP contribution in [-0.2, 0) is 21.7 Å². The van der Waals surface area contributed by atoms with Crippen LogP contribution in [0.1, 0.15) is 109 Å². The van der Waals surface area contributed by atoms with Gasteiger partial charge in [0.1, 0.15) is 0 Å². The Balaban J connectivity index is 0.956. The molecule has 0 amide bonds. The Bertz CT molecular complexity index is 5000. The quantitative estimate of drug-likeness (QED) is 0.161. The molecule has 2 atom stereocenters. The number of aromatic nitrogens is 2. The van der Waals surface area contributed by atoms with Crippen LogP contribution in [0.25, 0.3) is 99.1 Å². The van der Waals surface area contributed by atoms with E-state index in [9.17, 15) is 0 Å². The molecule has 0 radical (unpaired) electrons. The summed E-state index contributed by atoms with van der Waals surface area (Å²) in [6.07, 6.45) is 5.70. The largest absolute Gasteiger partial charge is 0.311 e. The second-order valence-electron chi connectivity index (χ2n) is 29.3. The SMILES string of the molecule is CC(C)(C)c1ccc(N2c3ccc(C(C)(C)C)cc3B3c4c2cc(-n2c5cccc6c5c5c7c(cccc7ccc52)-c2ccccc2-6)cc4-n2c4ccc(C56CC7CC8CC(C5)C876)cc4c4c5c(cc3c42)-c2ccccc2C5(C)C)cc1. The number of hydrogen-bond donors (Lipinski definition) is 0. The van der Waals surface area contributed by atoms with Crippen molar-refractivity contribution < 1.29 is 0 Å². The van der Waals surface area contributed by atoms with Gasteiger partial charge in [0, 0.05) is 60.6 Å². The maximum absolute atomic E-state index is 2.80. The molecule has 4 fully saturated rings. The molecule has 82 heavy (non-hydrogen) atoms. The van der Waals surface area contributed by atoms with Crippen molar-refractivity contribution in [2.75, 3.05) is 4.90 Å². The first-order chi connectivity index (χ1) is 39.6. The summed E-state index contributed by atoms with van der Waals surface area (Å²) >= 11 is 0. The molecule has 2 unspecified atom stereocenters. The summed E-state index contributed by atoms with van der Waals surface area (Å²) < 4.78 is 5.44. The van der Waals surface area contributed by atoms with Gasteiger partial charge in [0.05, 0.1) is 22.2 Å². The zero-order valence-electron chi connectivity index (χ0n) is 48.2. The molecule has 12 aromatic rings. The van der Waals surface area contributed by atoms with Crippen LogP contribution >= 0.6 is 0 Å². The van der Waals surface area contributed by atoms with Gasteiger partial charge in [-0.2, -0.15) is 0 Å². The summed E-state index contributed by atoms with van der Waals surface area (Å²) in [6.45, 7) is 19.2. The minimum atomic E-state index is -0.203. The summed E-state index contributed by atoms with van der Waals surface area (Å²) in [5.41, 5.74) is 31.6. The van der Waals surface area contributed by atoms with E-state index in [0.717, 1.165) is 17.8 Å². The topological polar surface area (TPSA) is 13.1 Å². The smallest absolute Gasteiger partial charge is 0.252 e. The van der Waals surface area contributed by atoms with Crippen LogP contribution in [0.5, 0.6) is 0 Å². The van der Waals surface area contributed by atoms with Crippen LogP contribution in [0.4, 0.5) is 17.1 Å². The van der Waals surface area contributed by atoms with E-state index in [1.54, 1.807) is 5.56 Å². The van der Waals surface area contributed by atoms with E-state index in [-0.39, 0.29) is 23.0 Å². The molecular weight excluding hydrogens is 990 g/mol. The minimum absolute atomic E-state index is 0.0158. The van der Waals surface area contributed by atoms with Gasteiger partial charge < -0.3 is 14.0 Å². The maximum Gasteiger partial charge on any atom is 0.252 e. The Hall–Kier alpha value is -8.08. The Morgan fingerprint density at radius 2 is 1.12 bits per heavy atom. The number of anilines is 3. The first-order valence-electron chi connectivity index (χ1n) is 30.7. The van der Waals surface area contributed by atoms with Crippen molar-refractivity contribution in [3.05, 3.63) is 204 Å². The molecule has 4 heteroatoms. The molecule has 8 aliphatic rings. The second kappa shape index (κ2) is 14.2. The van der Waals surface area contributed by atoms with Gasteiger partial charge in [-0.25, -0.2) is 0 Å². The first kappa shape index (κ1) is 45.5. The molecule has 4 saturated carbocycles. The van der Waals surface area contributed by atoms with Crippen molar-refractivity contribution in [3.8, 4) is 44.8 Å². The lowest BCUT2D eigenvalue weighted by Crippen LogP contribution is -2.87. The number of fused-ring (bicyclic) bond motifs is 14. The number of nitrogens with zero attached hydrogens (tertiary/aromatic N) is 3. The van der Waals surface area contributed by atoms with Crippen LogP contribution < -0.4 is 21.3 Å². The Morgan fingerprint density at radius 1 is 0.463 bits per heavy atom. The molecule has 1 spiro atoms. The van der Waals surface area contributed by atoms with Crippen LogP contribution in [0.15, 0.2) is 176 Å². The van der Waals surface area contributed by atoms with Gasteiger partial charge in [0.2, 0.25) is 0 Å². The van der Waals surface area contributed by atoms with Gasteiger partial charge in [-0.1, -0.05) is 177 Å². The molecule has 20 rings (SSSR count). The summed E-state index contributed by atoms with van der Waals surface area (Å²) in [5.74, 6) is 2.82. The van der Waals surface area contributed by atoms with Crippen molar-refractivity contribution in [2.24, 2.45) is 23.2 Å². The Labute approximate surface area is 480 Å². The second-order valence-corrected chi connectivity index (χ2v) is 29.3. The van der Waals surface area contributed by atoms with Crippen LogP contribution in [0, 0.1) is 23.2 Å². The number of rotatable bonds is 3. The summed E-state index contributed by atoms with van der Waals surface area (Å²) in [5, 5.41) is 8.21. The molecule has 0 saturated heterocycles. The third-order valence-corrected chi connectivity index (χ3v) is 23.5. The van der Waals surface area contributed by atoms with Crippen molar-refractivity contribution in [1.29, 1.82) is 0 Å². The van der Waals surface area contributed by atoms with Crippen LogP contribution in [-0.4, -0.2) is 15.8 Å². The molecule has 2 aromatic heterocycles.